The molecule has 1 aromatic heterocycles. The first kappa shape index (κ1) is 15.2. The molecule has 0 unspecified atom stereocenters. The van der Waals surface area contributed by atoms with Crippen LogP contribution in [0.3, 0.4) is 0 Å². The quantitative estimate of drug-likeness (QED) is 0.874. The van der Waals surface area contributed by atoms with Gasteiger partial charge in [0.2, 0.25) is 0 Å². The van der Waals surface area contributed by atoms with Crippen molar-refractivity contribution in [3.8, 4) is 11.3 Å². The smallest absolute Gasteiger partial charge is 0.185 e. The molecule has 1 N–H and O–H groups in total. The van der Waals surface area contributed by atoms with Crippen LogP contribution in [0.15, 0.2) is 35.7 Å². The number of aromatic nitrogens is 1. The van der Waals surface area contributed by atoms with E-state index in [1.807, 2.05) is 6.07 Å². The summed E-state index contributed by atoms with van der Waals surface area (Å²) in [7, 11) is 0. The van der Waals surface area contributed by atoms with Crippen LogP contribution in [0, 0.1) is 0 Å². The van der Waals surface area contributed by atoms with Gasteiger partial charge in [0.1, 0.15) is 0 Å². The molecular formula is C16H20N4S2. The Hall–Kier alpha value is -1.66. The molecule has 0 amide bonds. The second-order valence-corrected chi connectivity index (χ2v) is 6.41. The molecule has 0 radical (unpaired) electrons. The Morgan fingerprint density at radius 2 is 1.95 bits per heavy atom. The first-order chi connectivity index (χ1) is 10.8. The summed E-state index contributed by atoms with van der Waals surface area (Å²) >= 11 is 7.10. The molecule has 1 aromatic carbocycles. The minimum atomic E-state index is 0.867. The van der Waals surface area contributed by atoms with Gasteiger partial charge in [0.25, 0.3) is 0 Å². The van der Waals surface area contributed by atoms with E-state index in [1.165, 1.54) is 5.56 Å². The second-order valence-electron chi connectivity index (χ2n) is 5.19. The highest BCUT2D eigenvalue weighted by molar-refractivity contribution is 7.80. The molecule has 116 valence electrons. The summed E-state index contributed by atoms with van der Waals surface area (Å²) in [5.41, 5.74) is 2.24. The van der Waals surface area contributed by atoms with Gasteiger partial charge in [-0.25, -0.2) is 4.98 Å². The molecule has 1 saturated heterocycles. The number of nitrogens with one attached hydrogen (secondary N) is 1. The van der Waals surface area contributed by atoms with E-state index in [9.17, 15) is 0 Å². The van der Waals surface area contributed by atoms with Crippen molar-refractivity contribution >= 4 is 33.8 Å². The highest BCUT2D eigenvalue weighted by Gasteiger charge is 2.20. The monoisotopic (exact) mass is 332 g/mol. The number of anilines is 1. The van der Waals surface area contributed by atoms with Gasteiger partial charge in [-0.3, -0.25) is 0 Å². The van der Waals surface area contributed by atoms with E-state index >= 15 is 0 Å². The number of thiocarbonyl (C=S) groups is 1. The predicted molar refractivity (Wildman–Crippen MR) is 97.6 cm³/mol. The lowest BCUT2D eigenvalue weighted by Gasteiger charge is -2.36. The fourth-order valence-electron chi connectivity index (χ4n) is 2.51. The van der Waals surface area contributed by atoms with E-state index in [1.54, 1.807) is 11.3 Å². The van der Waals surface area contributed by atoms with Gasteiger partial charge in [-0.05, 0) is 19.1 Å². The summed E-state index contributed by atoms with van der Waals surface area (Å²) in [6.45, 7) is 6.79. The van der Waals surface area contributed by atoms with Crippen molar-refractivity contribution in [2.45, 2.75) is 6.92 Å². The Morgan fingerprint density at radius 1 is 1.23 bits per heavy atom. The van der Waals surface area contributed by atoms with E-state index in [0.717, 1.165) is 48.7 Å². The molecule has 0 aliphatic carbocycles. The molecule has 1 aliphatic heterocycles. The van der Waals surface area contributed by atoms with Crippen LogP contribution in [0.4, 0.5) is 5.13 Å². The summed E-state index contributed by atoms with van der Waals surface area (Å²) < 4.78 is 0. The topological polar surface area (TPSA) is 31.4 Å². The summed E-state index contributed by atoms with van der Waals surface area (Å²) in [5.74, 6) is 0. The van der Waals surface area contributed by atoms with Crippen molar-refractivity contribution in [2.75, 3.05) is 37.6 Å². The maximum absolute atomic E-state index is 5.38. The Bertz CT molecular complexity index is 618. The van der Waals surface area contributed by atoms with Gasteiger partial charge in [-0.15, -0.1) is 11.3 Å². The minimum absolute atomic E-state index is 0.867. The highest BCUT2D eigenvalue weighted by Crippen LogP contribution is 2.27. The fraction of sp³-hybridized carbons (Fsp3) is 0.375. The zero-order chi connectivity index (χ0) is 15.4. The van der Waals surface area contributed by atoms with Gasteiger partial charge in [-0.1, -0.05) is 30.3 Å². The first-order valence-electron chi connectivity index (χ1n) is 7.56. The zero-order valence-corrected chi connectivity index (χ0v) is 14.3. The van der Waals surface area contributed by atoms with Gasteiger partial charge in [0.05, 0.1) is 5.69 Å². The molecule has 0 atom stereocenters. The van der Waals surface area contributed by atoms with Crippen molar-refractivity contribution in [3.05, 3.63) is 35.7 Å². The molecule has 3 rings (SSSR count). The minimum Gasteiger partial charge on any atom is -0.363 e. The predicted octanol–water partition coefficient (Wildman–Crippen LogP) is 2.83. The van der Waals surface area contributed by atoms with E-state index in [2.05, 4.69) is 51.7 Å². The number of hydrogen-bond donors (Lipinski definition) is 1. The highest BCUT2D eigenvalue weighted by atomic mass is 32.1. The first-order valence-corrected chi connectivity index (χ1v) is 8.85. The van der Waals surface area contributed by atoms with Crippen LogP contribution in [0.2, 0.25) is 0 Å². The number of nitrogens with zero attached hydrogens (tertiary/aromatic N) is 3. The molecule has 1 aliphatic rings. The number of piperazine rings is 1. The maximum atomic E-state index is 5.38. The van der Waals surface area contributed by atoms with Crippen LogP contribution < -0.4 is 10.2 Å². The maximum Gasteiger partial charge on any atom is 0.185 e. The summed E-state index contributed by atoms with van der Waals surface area (Å²) in [5, 5.41) is 7.33. The lowest BCUT2D eigenvalue weighted by molar-refractivity contribution is 0.381. The molecule has 0 bridgehead atoms. The Morgan fingerprint density at radius 3 is 2.64 bits per heavy atom. The van der Waals surface area contributed by atoms with Gasteiger partial charge >= 0.3 is 0 Å². The zero-order valence-electron chi connectivity index (χ0n) is 12.7. The molecule has 0 saturated carbocycles. The lowest BCUT2D eigenvalue weighted by atomic mass is 10.2. The SMILES string of the molecule is CCNC(=S)N1CCN(c2nc(-c3ccccc3)cs2)CC1. The van der Waals surface area contributed by atoms with Crippen LogP contribution in [0.5, 0.6) is 0 Å². The third-order valence-corrected chi connectivity index (χ3v) is 5.03. The average Bonchev–Trinajstić information content (AvgIpc) is 3.06. The largest absolute Gasteiger partial charge is 0.363 e. The molecule has 4 nitrogen and oxygen atoms in total. The molecule has 0 spiro atoms. The Balaban J connectivity index is 1.63. The standard InChI is InChI=1S/C16H20N4S2/c1-2-17-15(21)19-8-10-20(11-9-19)16-18-14(12-22-16)13-6-4-3-5-7-13/h3-7,12H,2,8-11H2,1H3,(H,17,21). The molecule has 2 aromatic rings. The molecular weight excluding hydrogens is 312 g/mol. The molecule has 1 fully saturated rings. The second kappa shape index (κ2) is 7.07. The number of hydrogen-bond acceptors (Lipinski definition) is 4. The van der Waals surface area contributed by atoms with E-state index in [-0.39, 0.29) is 0 Å². The van der Waals surface area contributed by atoms with Gasteiger partial charge in [0, 0.05) is 43.7 Å². The molecule has 22 heavy (non-hydrogen) atoms. The summed E-state index contributed by atoms with van der Waals surface area (Å²) in [4.78, 5) is 9.37. The third-order valence-electron chi connectivity index (χ3n) is 3.73. The van der Waals surface area contributed by atoms with Crippen LogP contribution in [-0.2, 0) is 0 Å². The van der Waals surface area contributed by atoms with Crippen LogP contribution in [0.1, 0.15) is 6.92 Å². The van der Waals surface area contributed by atoms with Crippen LogP contribution in [0.25, 0.3) is 11.3 Å². The summed E-state index contributed by atoms with van der Waals surface area (Å²) in [6, 6.07) is 10.3. The fourth-order valence-corrected chi connectivity index (χ4v) is 3.73. The van der Waals surface area contributed by atoms with Crippen molar-refractivity contribution in [1.82, 2.24) is 15.2 Å². The summed E-state index contributed by atoms with van der Waals surface area (Å²) in [6.07, 6.45) is 0. The Kier molecular flexibility index (Phi) is 4.90. The van der Waals surface area contributed by atoms with Crippen molar-refractivity contribution in [1.29, 1.82) is 0 Å². The number of thiazole rings is 1. The number of rotatable bonds is 3. The Labute approximate surface area is 140 Å². The molecule has 2 heterocycles. The third kappa shape index (κ3) is 3.39. The average molecular weight is 332 g/mol. The van der Waals surface area contributed by atoms with Crippen molar-refractivity contribution in [3.63, 3.8) is 0 Å². The number of benzene rings is 1. The van der Waals surface area contributed by atoms with Gasteiger partial charge < -0.3 is 15.1 Å². The van der Waals surface area contributed by atoms with E-state index < -0.39 is 0 Å². The van der Waals surface area contributed by atoms with Crippen LogP contribution >= 0.6 is 23.6 Å². The molecule has 6 heteroatoms. The van der Waals surface area contributed by atoms with E-state index in [0.29, 0.717) is 0 Å². The van der Waals surface area contributed by atoms with Gasteiger partial charge in [0.15, 0.2) is 10.2 Å². The lowest BCUT2D eigenvalue weighted by Crippen LogP contribution is -2.51. The van der Waals surface area contributed by atoms with Crippen LogP contribution in [-0.4, -0.2) is 47.7 Å². The van der Waals surface area contributed by atoms with Gasteiger partial charge in [-0.2, -0.15) is 0 Å². The van der Waals surface area contributed by atoms with Crippen molar-refractivity contribution < 1.29 is 0 Å². The van der Waals surface area contributed by atoms with E-state index in [4.69, 9.17) is 17.2 Å². The van der Waals surface area contributed by atoms with Crippen molar-refractivity contribution in [2.24, 2.45) is 0 Å². The normalized spacial score (nSPS) is 15.0.